The smallest absolute Gasteiger partial charge is 0.229 e. The number of methoxy groups -OCH3 is 1. The average molecular weight is 623 g/mol. The Morgan fingerprint density at radius 2 is 1.34 bits per heavy atom. The van der Waals surface area contributed by atoms with Crippen molar-refractivity contribution >= 4 is 0 Å². The molecule has 0 saturated carbocycles. The minimum Gasteiger partial charge on any atom is -0.497 e. The molecule has 0 spiro atoms. The summed E-state index contributed by atoms with van der Waals surface area (Å²) >= 11 is 0. The summed E-state index contributed by atoms with van der Waals surface area (Å²) in [4.78, 5) is 0. The molecule has 0 aromatic heterocycles. The maximum Gasteiger partial charge on any atom is 0.229 e. The number of benzene rings is 2. The van der Waals surface area contributed by atoms with E-state index in [1.54, 1.807) is 33.1 Å². The molecule has 44 heavy (non-hydrogen) atoms. The van der Waals surface area contributed by atoms with Gasteiger partial charge >= 0.3 is 0 Å². The van der Waals surface area contributed by atoms with Crippen LogP contribution >= 0.6 is 0 Å². The molecule has 2 saturated heterocycles. The molecule has 4 aliphatic heterocycles. The maximum atomic E-state index is 11.0. The predicted molar refractivity (Wildman–Crippen MR) is 147 cm³/mol. The van der Waals surface area contributed by atoms with E-state index in [0.717, 1.165) is 5.56 Å². The summed E-state index contributed by atoms with van der Waals surface area (Å²) < 4.78 is 42.2. The quantitative estimate of drug-likeness (QED) is 0.212. The number of aliphatic hydroxyl groups is 7. The molecule has 7 N–H and O–H groups in total. The highest BCUT2D eigenvalue weighted by Crippen LogP contribution is 2.55. The van der Waals surface area contributed by atoms with E-state index in [0.29, 0.717) is 34.6 Å². The number of fused-ring (bicyclic) bond motifs is 1. The van der Waals surface area contributed by atoms with Gasteiger partial charge in [-0.15, -0.1) is 0 Å². The molecule has 2 aromatic rings. The first-order chi connectivity index (χ1) is 21.1. The summed E-state index contributed by atoms with van der Waals surface area (Å²) in [5.74, 6) is 1.42. The van der Waals surface area contributed by atoms with Gasteiger partial charge in [-0.3, -0.25) is 0 Å². The topological polar surface area (TPSA) is 206 Å². The van der Waals surface area contributed by atoms with Crippen LogP contribution in [-0.4, -0.2) is 117 Å². The second kappa shape index (κ2) is 12.2. The third kappa shape index (κ3) is 5.18. The van der Waals surface area contributed by atoms with Crippen LogP contribution < -0.4 is 18.9 Å². The van der Waals surface area contributed by atoms with Crippen LogP contribution in [0.2, 0.25) is 0 Å². The molecule has 4 heterocycles. The number of hydrogen-bond acceptors (Lipinski definition) is 14. The van der Waals surface area contributed by atoms with Crippen molar-refractivity contribution in [2.24, 2.45) is 0 Å². The Morgan fingerprint density at radius 1 is 0.727 bits per heavy atom. The average Bonchev–Trinajstić information content (AvgIpc) is 3.20. The summed E-state index contributed by atoms with van der Waals surface area (Å²) in [6.45, 7) is 2.21. The van der Waals surface area contributed by atoms with Gasteiger partial charge in [0.15, 0.2) is 0 Å². The standard InChI is InChI=1S/C30H38O14/c1-11-25(43-29-24(37)22(35)20(33)17(9-31)41-29)12(2)27-19-16(40-28-23(36)21(34)18(10-32)42-30(28)44-27)8-15(39-26(11)19)13-4-6-14(38-3)7-5-13/h4-7,15-18,20-24,28-37H,8-10H2,1-3H3. The summed E-state index contributed by atoms with van der Waals surface area (Å²) in [5, 5.41) is 72.3. The minimum absolute atomic E-state index is 0.172. The van der Waals surface area contributed by atoms with E-state index in [9.17, 15) is 35.7 Å². The Bertz CT molecular complexity index is 1330. The van der Waals surface area contributed by atoms with Gasteiger partial charge in [-0.25, -0.2) is 0 Å². The van der Waals surface area contributed by atoms with E-state index < -0.39 is 86.8 Å². The van der Waals surface area contributed by atoms with Crippen LogP contribution in [0.5, 0.6) is 23.0 Å². The first kappa shape index (κ1) is 31.2. The van der Waals surface area contributed by atoms with Gasteiger partial charge in [-0.1, -0.05) is 12.1 Å². The second-order valence-electron chi connectivity index (χ2n) is 11.5. The molecule has 0 bridgehead atoms. The molecule has 12 atom stereocenters. The van der Waals surface area contributed by atoms with E-state index in [2.05, 4.69) is 0 Å². The lowest BCUT2D eigenvalue weighted by Gasteiger charge is -2.41. The Labute approximate surface area is 252 Å². The van der Waals surface area contributed by atoms with Crippen LogP contribution in [0.3, 0.4) is 0 Å². The van der Waals surface area contributed by atoms with E-state index in [1.807, 2.05) is 12.1 Å². The van der Waals surface area contributed by atoms with Gasteiger partial charge in [0.25, 0.3) is 0 Å². The Balaban J connectivity index is 1.44. The van der Waals surface area contributed by atoms with E-state index in [1.165, 1.54) is 0 Å². The molecule has 14 nitrogen and oxygen atoms in total. The fourth-order valence-electron chi connectivity index (χ4n) is 6.30. The van der Waals surface area contributed by atoms with Gasteiger partial charge < -0.3 is 68.9 Å². The molecule has 242 valence electrons. The van der Waals surface area contributed by atoms with Crippen LogP contribution in [0.15, 0.2) is 24.3 Å². The summed E-state index contributed by atoms with van der Waals surface area (Å²) in [7, 11) is 1.57. The summed E-state index contributed by atoms with van der Waals surface area (Å²) in [5.41, 5.74) is 2.23. The van der Waals surface area contributed by atoms with Crippen LogP contribution in [0.1, 0.15) is 40.9 Å². The summed E-state index contributed by atoms with van der Waals surface area (Å²) in [6, 6.07) is 7.31. The zero-order valence-electron chi connectivity index (χ0n) is 24.3. The highest BCUT2D eigenvalue weighted by atomic mass is 16.7. The molecule has 12 unspecified atom stereocenters. The van der Waals surface area contributed by atoms with Gasteiger partial charge in [0.05, 0.1) is 32.0 Å². The number of ether oxygens (including phenoxy) is 7. The Morgan fingerprint density at radius 3 is 1.98 bits per heavy atom. The summed E-state index contributed by atoms with van der Waals surface area (Å²) in [6.07, 6.45) is -14.9. The van der Waals surface area contributed by atoms with Gasteiger partial charge in [0.2, 0.25) is 12.6 Å². The molecule has 4 aliphatic rings. The highest BCUT2D eigenvalue weighted by Gasteiger charge is 2.52. The van der Waals surface area contributed by atoms with Crippen LogP contribution in [0.4, 0.5) is 0 Å². The van der Waals surface area contributed by atoms with Crippen molar-refractivity contribution in [3.8, 4) is 23.0 Å². The van der Waals surface area contributed by atoms with Crippen molar-refractivity contribution in [2.75, 3.05) is 20.3 Å². The molecule has 0 radical (unpaired) electrons. The van der Waals surface area contributed by atoms with Crippen LogP contribution in [0, 0.1) is 13.8 Å². The molecule has 2 aromatic carbocycles. The van der Waals surface area contributed by atoms with Gasteiger partial charge in [-0.2, -0.15) is 0 Å². The van der Waals surface area contributed by atoms with Gasteiger partial charge in [0, 0.05) is 17.5 Å². The first-order valence-electron chi connectivity index (χ1n) is 14.5. The lowest BCUT2D eigenvalue weighted by molar-refractivity contribution is -0.292. The van der Waals surface area contributed by atoms with Crippen LogP contribution in [0.25, 0.3) is 0 Å². The van der Waals surface area contributed by atoms with Crippen molar-refractivity contribution in [3.05, 3.63) is 46.5 Å². The fraction of sp³-hybridized carbons (Fsp3) is 0.600. The molecule has 0 aliphatic carbocycles. The van der Waals surface area contributed by atoms with Crippen molar-refractivity contribution in [1.82, 2.24) is 0 Å². The molecule has 2 fully saturated rings. The molecular weight excluding hydrogens is 584 g/mol. The number of hydrogen-bond donors (Lipinski definition) is 7. The van der Waals surface area contributed by atoms with Crippen molar-refractivity contribution in [3.63, 3.8) is 0 Å². The Hall–Kier alpha value is -2.76. The minimum atomic E-state index is -1.67. The third-order valence-corrected chi connectivity index (χ3v) is 8.81. The number of rotatable bonds is 6. The lowest BCUT2D eigenvalue weighted by Crippen LogP contribution is -2.60. The monoisotopic (exact) mass is 622 g/mol. The Kier molecular flexibility index (Phi) is 8.67. The van der Waals surface area contributed by atoms with E-state index in [4.69, 9.17) is 33.2 Å². The zero-order valence-corrected chi connectivity index (χ0v) is 24.3. The molecule has 14 heteroatoms. The van der Waals surface area contributed by atoms with Crippen molar-refractivity contribution in [1.29, 1.82) is 0 Å². The molecule has 0 amide bonds. The molecular formula is C30H38O14. The normalized spacial score (nSPS) is 38.0. The van der Waals surface area contributed by atoms with E-state index >= 15 is 0 Å². The van der Waals surface area contributed by atoms with Gasteiger partial charge in [0.1, 0.15) is 77.9 Å². The third-order valence-electron chi connectivity index (χ3n) is 8.81. The first-order valence-corrected chi connectivity index (χ1v) is 14.5. The SMILES string of the molecule is COc1ccc(C2CC3OC4C(Oc5c(C)c(OC6OC(CO)C(O)C(O)C6O)c(C)c(c53)O2)OC(CO)C(O)C4O)cc1. The van der Waals surface area contributed by atoms with Crippen molar-refractivity contribution in [2.45, 2.75) is 93.9 Å². The zero-order chi connectivity index (χ0) is 31.4. The predicted octanol–water partition coefficient (Wildman–Crippen LogP) is -0.728. The number of aliphatic hydroxyl groups excluding tert-OH is 7. The second-order valence-corrected chi connectivity index (χ2v) is 11.5. The highest BCUT2D eigenvalue weighted by molar-refractivity contribution is 5.64. The van der Waals surface area contributed by atoms with Crippen LogP contribution in [-0.2, 0) is 14.2 Å². The maximum absolute atomic E-state index is 11.0. The van der Waals surface area contributed by atoms with Gasteiger partial charge in [-0.05, 0) is 31.5 Å². The largest absolute Gasteiger partial charge is 0.497 e. The molecule has 6 rings (SSSR count). The lowest BCUT2D eigenvalue weighted by atomic mass is 9.90. The van der Waals surface area contributed by atoms with E-state index in [-0.39, 0.29) is 11.5 Å². The van der Waals surface area contributed by atoms with Crippen molar-refractivity contribution < 1.29 is 68.9 Å². The fourth-order valence-corrected chi connectivity index (χ4v) is 6.30.